The van der Waals surface area contributed by atoms with Gasteiger partial charge in [-0.3, -0.25) is 9.69 Å². The number of carbonyl (C=O) groups is 2. The van der Waals surface area contributed by atoms with Crippen molar-refractivity contribution in [1.29, 1.82) is 0 Å². The van der Waals surface area contributed by atoms with Gasteiger partial charge in [0.05, 0.1) is 11.1 Å². The predicted molar refractivity (Wildman–Crippen MR) is 149 cm³/mol. The Labute approximate surface area is 240 Å². The van der Waals surface area contributed by atoms with E-state index in [0.29, 0.717) is 63.3 Å². The molecule has 0 radical (unpaired) electrons. The summed E-state index contributed by atoms with van der Waals surface area (Å²) >= 11 is 0. The summed E-state index contributed by atoms with van der Waals surface area (Å²) in [4.78, 5) is 38.1. The number of rotatable bonds is 4. The summed E-state index contributed by atoms with van der Waals surface area (Å²) in [7, 11) is 0. The minimum atomic E-state index is -4.37. The lowest BCUT2D eigenvalue weighted by molar-refractivity contribution is -0.137. The molecule has 1 N–H and O–H groups in total. The molecule has 2 aliphatic rings. The average molecular weight is 588 g/mol. The van der Waals surface area contributed by atoms with Gasteiger partial charge in [0.1, 0.15) is 11.1 Å². The largest absolute Gasteiger partial charge is 0.444 e. The maximum atomic E-state index is 15.1. The first kappa shape index (κ1) is 29.6. The first-order valence-corrected chi connectivity index (χ1v) is 13.8. The molecule has 224 valence electrons. The third-order valence-corrected chi connectivity index (χ3v) is 7.32. The molecular formula is C30H33F4N5O3. The summed E-state index contributed by atoms with van der Waals surface area (Å²) < 4.78 is 58.9. The van der Waals surface area contributed by atoms with Gasteiger partial charge in [-0.2, -0.15) is 13.2 Å². The average Bonchev–Trinajstić information content (AvgIpc) is 3.37. The van der Waals surface area contributed by atoms with E-state index in [1.54, 1.807) is 15.9 Å². The molecule has 5 rings (SSSR count). The van der Waals surface area contributed by atoms with E-state index >= 15 is 4.39 Å². The molecule has 1 fully saturated rings. The number of piperazine rings is 1. The van der Waals surface area contributed by atoms with E-state index in [-0.39, 0.29) is 17.2 Å². The number of alkyl halides is 3. The number of halogens is 4. The van der Waals surface area contributed by atoms with Gasteiger partial charge in [-0.25, -0.2) is 14.2 Å². The third-order valence-electron chi connectivity index (χ3n) is 7.32. The number of hydrogen-bond donors (Lipinski definition) is 1. The number of imidazole rings is 1. The number of carbonyl (C=O) groups excluding carboxylic acids is 2. The lowest BCUT2D eigenvalue weighted by Crippen LogP contribution is -2.48. The van der Waals surface area contributed by atoms with Crippen LogP contribution in [0.15, 0.2) is 42.5 Å². The molecule has 42 heavy (non-hydrogen) atoms. The predicted octanol–water partition coefficient (Wildman–Crippen LogP) is 5.70. The van der Waals surface area contributed by atoms with Crippen molar-refractivity contribution in [3.8, 4) is 0 Å². The van der Waals surface area contributed by atoms with E-state index in [0.717, 1.165) is 23.3 Å². The molecule has 8 nitrogen and oxygen atoms in total. The Morgan fingerprint density at radius 3 is 2.26 bits per heavy atom. The molecule has 0 saturated carbocycles. The summed E-state index contributed by atoms with van der Waals surface area (Å²) in [5.74, 6) is -0.841. The van der Waals surface area contributed by atoms with Crippen molar-refractivity contribution in [2.45, 2.75) is 45.5 Å². The molecule has 1 saturated heterocycles. The van der Waals surface area contributed by atoms with Crippen LogP contribution in [0, 0.1) is 5.82 Å². The second-order valence-corrected chi connectivity index (χ2v) is 11.6. The molecule has 0 aliphatic carbocycles. The number of aromatic nitrogens is 2. The van der Waals surface area contributed by atoms with Crippen molar-refractivity contribution in [2.75, 3.05) is 39.3 Å². The second-order valence-electron chi connectivity index (χ2n) is 11.6. The van der Waals surface area contributed by atoms with E-state index in [1.165, 1.54) is 18.2 Å². The Balaban J connectivity index is 1.21. The molecule has 0 unspecified atom stereocenters. The number of nitrogens with zero attached hydrogens (tertiary/aromatic N) is 4. The van der Waals surface area contributed by atoms with E-state index < -0.39 is 29.3 Å². The maximum absolute atomic E-state index is 15.1. The van der Waals surface area contributed by atoms with Crippen LogP contribution in [0.25, 0.3) is 16.6 Å². The van der Waals surface area contributed by atoms with E-state index in [9.17, 15) is 22.8 Å². The summed E-state index contributed by atoms with van der Waals surface area (Å²) in [6.07, 6.45) is -2.36. The van der Waals surface area contributed by atoms with Crippen LogP contribution < -0.4 is 0 Å². The van der Waals surface area contributed by atoms with Gasteiger partial charge >= 0.3 is 12.3 Å². The van der Waals surface area contributed by atoms with Crippen LogP contribution in [0.2, 0.25) is 0 Å². The first-order chi connectivity index (χ1) is 19.8. The lowest BCUT2D eigenvalue weighted by atomic mass is 9.99. The van der Waals surface area contributed by atoms with Gasteiger partial charge in [0.15, 0.2) is 11.6 Å². The molecule has 0 atom stereocenters. The molecule has 0 spiro atoms. The van der Waals surface area contributed by atoms with Gasteiger partial charge in [-0.15, -0.1) is 0 Å². The Morgan fingerprint density at radius 2 is 1.67 bits per heavy atom. The fraction of sp³-hybridized carbons (Fsp3) is 0.433. The zero-order valence-electron chi connectivity index (χ0n) is 23.7. The zero-order valence-corrected chi connectivity index (χ0v) is 23.7. The van der Waals surface area contributed by atoms with Crippen LogP contribution in [0.1, 0.15) is 54.5 Å². The minimum absolute atomic E-state index is 0.0472. The number of H-pyrrole nitrogens is 1. The summed E-state index contributed by atoms with van der Waals surface area (Å²) in [6, 6.07) is 8.25. The van der Waals surface area contributed by atoms with Crippen LogP contribution in [0.3, 0.4) is 0 Å². The molecule has 12 heteroatoms. The fourth-order valence-electron chi connectivity index (χ4n) is 5.10. The van der Waals surface area contributed by atoms with Gasteiger partial charge < -0.3 is 19.5 Å². The Morgan fingerprint density at radius 1 is 0.976 bits per heavy atom. The van der Waals surface area contributed by atoms with Crippen LogP contribution >= 0.6 is 0 Å². The number of amides is 2. The van der Waals surface area contributed by atoms with Crippen LogP contribution in [0.4, 0.5) is 22.4 Å². The van der Waals surface area contributed by atoms with Crippen molar-refractivity contribution in [1.82, 2.24) is 24.7 Å². The monoisotopic (exact) mass is 587 g/mol. The van der Waals surface area contributed by atoms with Crippen LogP contribution in [-0.2, 0) is 17.5 Å². The van der Waals surface area contributed by atoms with Crippen molar-refractivity contribution in [3.05, 3.63) is 70.8 Å². The molecule has 1 aromatic heterocycles. The molecule has 2 aromatic carbocycles. The fourth-order valence-corrected chi connectivity index (χ4v) is 5.10. The quantitative estimate of drug-likeness (QED) is 0.396. The smallest absolute Gasteiger partial charge is 0.416 e. The topological polar surface area (TPSA) is 81.8 Å². The van der Waals surface area contributed by atoms with Crippen molar-refractivity contribution in [3.63, 3.8) is 0 Å². The Kier molecular flexibility index (Phi) is 8.02. The number of fused-ring (bicyclic) bond motifs is 1. The SMILES string of the molecule is CC(C)(C)OC(=O)N1CC=C(c2cc(F)c3nc(C(=O)N4CCN(Cc5ccc(C(F)(F)F)cc5)CC4)[nH]c3c2)CC1. The molecule has 3 aromatic rings. The summed E-state index contributed by atoms with van der Waals surface area (Å²) in [6.45, 7) is 8.60. The van der Waals surface area contributed by atoms with Crippen LogP contribution in [-0.4, -0.2) is 81.5 Å². The number of nitrogens with one attached hydrogen (secondary N) is 1. The lowest BCUT2D eigenvalue weighted by Gasteiger charge is -2.34. The van der Waals surface area contributed by atoms with Crippen molar-refractivity contribution < 1.29 is 31.9 Å². The number of aromatic amines is 1. The number of hydrogen-bond acceptors (Lipinski definition) is 5. The van der Waals surface area contributed by atoms with E-state index in [4.69, 9.17) is 4.74 Å². The molecule has 2 amide bonds. The molecular weight excluding hydrogens is 554 g/mol. The summed E-state index contributed by atoms with van der Waals surface area (Å²) in [5.41, 5.74) is 1.52. The van der Waals surface area contributed by atoms with Crippen molar-refractivity contribution >= 4 is 28.6 Å². The highest BCUT2D eigenvalue weighted by Gasteiger charge is 2.30. The maximum Gasteiger partial charge on any atom is 0.416 e. The molecule has 2 aliphatic heterocycles. The second kappa shape index (κ2) is 11.4. The minimum Gasteiger partial charge on any atom is -0.444 e. The number of ether oxygens (including phenoxy) is 1. The van der Waals surface area contributed by atoms with Gasteiger partial charge in [0, 0.05) is 45.8 Å². The zero-order chi connectivity index (χ0) is 30.2. The highest BCUT2D eigenvalue weighted by atomic mass is 19.4. The van der Waals surface area contributed by atoms with Gasteiger partial charge in [0.2, 0.25) is 0 Å². The Hall–Kier alpha value is -3.93. The van der Waals surface area contributed by atoms with E-state index in [2.05, 4.69) is 14.9 Å². The van der Waals surface area contributed by atoms with Gasteiger partial charge in [-0.1, -0.05) is 18.2 Å². The molecule has 3 heterocycles. The molecule has 0 bridgehead atoms. The summed E-state index contributed by atoms with van der Waals surface area (Å²) in [5, 5.41) is 0. The van der Waals surface area contributed by atoms with Crippen LogP contribution in [0.5, 0.6) is 0 Å². The normalized spacial score (nSPS) is 17.0. The third kappa shape index (κ3) is 6.75. The Bertz CT molecular complexity index is 1500. The van der Waals surface area contributed by atoms with Gasteiger partial charge in [0.25, 0.3) is 5.91 Å². The standard InChI is InChI=1S/C30H33F4N5O3/c1-29(2,3)42-28(41)39-10-8-20(9-11-39)21-16-23(31)25-24(17-21)35-26(36-25)27(40)38-14-12-37(13-15-38)18-19-4-6-22(7-5-19)30(32,33)34/h4-8,16-17H,9-15,18H2,1-3H3,(H,35,36). The van der Waals surface area contributed by atoms with E-state index in [1.807, 2.05) is 26.8 Å². The highest BCUT2D eigenvalue weighted by Crippen LogP contribution is 2.30. The van der Waals surface area contributed by atoms with Gasteiger partial charge in [-0.05, 0) is 68.2 Å². The first-order valence-electron chi connectivity index (χ1n) is 13.8. The number of benzene rings is 2. The highest BCUT2D eigenvalue weighted by molar-refractivity contribution is 5.95. The van der Waals surface area contributed by atoms with Crippen molar-refractivity contribution in [2.24, 2.45) is 0 Å².